The average Bonchev–Trinajstić information content (AvgIpc) is 3.67. The fourth-order valence-corrected chi connectivity index (χ4v) is 7.17. The van der Waals surface area contributed by atoms with Crippen molar-refractivity contribution in [2.75, 3.05) is 31.8 Å². The number of methoxy groups -OCH3 is 1. The van der Waals surface area contributed by atoms with Gasteiger partial charge in [0, 0.05) is 11.3 Å². The van der Waals surface area contributed by atoms with E-state index in [1.165, 1.54) is 29.8 Å². The van der Waals surface area contributed by atoms with Gasteiger partial charge in [0.25, 0.3) is 5.78 Å². The first-order valence-electron chi connectivity index (χ1n) is 15.1. The largest absolute Gasteiger partial charge is 0.507 e. The minimum atomic E-state index is -1.08. The van der Waals surface area contributed by atoms with E-state index in [4.69, 9.17) is 18.9 Å². The van der Waals surface area contributed by atoms with Crippen LogP contribution >= 0.6 is 23.1 Å². The van der Waals surface area contributed by atoms with Crippen molar-refractivity contribution in [3.8, 4) is 23.0 Å². The van der Waals surface area contributed by atoms with Gasteiger partial charge in [0.1, 0.15) is 24.8 Å². The molecular formula is C34H32FN3O7S2. The number of hydrogen-bond donors (Lipinski definition) is 1. The Labute approximate surface area is 279 Å². The van der Waals surface area contributed by atoms with E-state index in [1.54, 1.807) is 54.6 Å². The maximum atomic E-state index is 14.2. The smallest absolute Gasteiger partial charge is 0.301 e. The highest BCUT2D eigenvalue weighted by Crippen LogP contribution is 2.46. The van der Waals surface area contributed by atoms with Crippen LogP contribution < -0.4 is 23.8 Å². The van der Waals surface area contributed by atoms with E-state index < -0.39 is 17.7 Å². The fraction of sp³-hybridized carbons (Fsp3) is 0.294. The lowest BCUT2D eigenvalue weighted by Gasteiger charge is -2.24. The first-order valence-corrected chi connectivity index (χ1v) is 16.9. The van der Waals surface area contributed by atoms with Crippen LogP contribution in [0, 0.1) is 5.82 Å². The summed E-state index contributed by atoms with van der Waals surface area (Å²) in [6, 6.07) is 15.3. The third kappa shape index (κ3) is 6.77. The van der Waals surface area contributed by atoms with Gasteiger partial charge in [-0.05, 0) is 53.9 Å². The Morgan fingerprint density at radius 1 is 1.04 bits per heavy atom. The summed E-state index contributed by atoms with van der Waals surface area (Å²) in [5.74, 6) is -0.347. The molecule has 10 nitrogen and oxygen atoms in total. The van der Waals surface area contributed by atoms with E-state index in [1.807, 2.05) is 0 Å². The second-order valence-corrected chi connectivity index (χ2v) is 12.9. The Morgan fingerprint density at radius 3 is 2.64 bits per heavy atom. The summed E-state index contributed by atoms with van der Waals surface area (Å²) in [7, 11) is 1.51. The van der Waals surface area contributed by atoms with Crippen molar-refractivity contribution >= 4 is 45.7 Å². The zero-order valence-corrected chi connectivity index (χ0v) is 27.4. The van der Waals surface area contributed by atoms with Crippen molar-refractivity contribution in [3.63, 3.8) is 0 Å². The molecule has 0 saturated carbocycles. The molecule has 0 spiro atoms. The van der Waals surface area contributed by atoms with Crippen LogP contribution in [0.1, 0.15) is 48.9 Å². The molecule has 0 bridgehead atoms. The van der Waals surface area contributed by atoms with Gasteiger partial charge in [0.2, 0.25) is 5.13 Å². The number of halogens is 1. The van der Waals surface area contributed by atoms with Gasteiger partial charge in [0.05, 0.1) is 25.3 Å². The molecule has 3 heterocycles. The number of thioether (sulfide) groups is 1. The number of anilines is 1. The van der Waals surface area contributed by atoms with Crippen molar-refractivity contribution < 1.29 is 38.0 Å². The number of unbranched alkanes of at least 4 members (excludes halogenated alkanes) is 2. The Kier molecular flexibility index (Phi) is 9.92. The molecule has 2 aliphatic heterocycles. The summed E-state index contributed by atoms with van der Waals surface area (Å²) >= 11 is 2.35. The van der Waals surface area contributed by atoms with E-state index >= 15 is 0 Å². The number of hydrogen-bond acceptors (Lipinski definition) is 11. The number of aromatic nitrogens is 2. The number of benzene rings is 3. The van der Waals surface area contributed by atoms with Crippen LogP contribution in [0.15, 0.2) is 70.6 Å². The molecule has 13 heteroatoms. The van der Waals surface area contributed by atoms with Crippen LogP contribution in [0.3, 0.4) is 0 Å². The first kappa shape index (κ1) is 32.3. The van der Waals surface area contributed by atoms with Crippen molar-refractivity contribution in [1.82, 2.24) is 10.2 Å². The molecule has 3 aromatic carbocycles. The third-order valence-electron chi connectivity index (χ3n) is 7.68. The SMILES string of the molecule is CCCCCOc1ccc(C2/C(=C(\O)c3ccc4c(c3)OCCO4)C(=O)C(=O)N2c2nnc(SCc3ccccc3F)s2)cc1OC. The van der Waals surface area contributed by atoms with Crippen LogP contribution in [-0.2, 0) is 15.3 Å². The van der Waals surface area contributed by atoms with Gasteiger partial charge in [-0.25, -0.2) is 4.39 Å². The summed E-state index contributed by atoms with van der Waals surface area (Å²) in [5.41, 5.74) is 1.12. The van der Waals surface area contributed by atoms with E-state index in [2.05, 4.69) is 17.1 Å². The maximum Gasteiger partial charge on any atom is 0.301 e. The lowest BCUT2D eigenvalue weighted by atomic mass is 9.95. The average molecular weight is 678 g/mol. The number of nitrogens with zero attached hydrogens (tertiary/aromatic N) is 3. The Hall–Kier alpha value is -4.62. The highest BCUT2D eigenvalue weighted by molar-refractivity contribution is 8.00. The number of ketones is 1. The van der Waals surface area contributed by atoms with Crippen molar-refractivity contribution in [2.45, 2.75) is 42.3 Å². The molecule has 47 heavy (non-hydrogen) atoms. The lowest BCUT2D eigenvalue weighted by molar-refractivity contribution is -0.132. The first-order chi connectivity index (χ1) is 22.9. The number of fused-ring (bicyclic) bond motifs is 1. The molecular weight excluding hydrogens is 646 g/mol. The number of Topliss-reactive ketones (excluding diaryl/α,β-unsaturated/α-hetero) is 1. The molecule has 1 aromatic heterocycles. The highest BCUT2D eigenvalue weighted by Gasteiger charge is 2.48. The molecule has 1 fully saturated rings. The van der Waals surface area contributed by atoms with Gasteiger partial charge in [0.15, 0.2) is 27.3 Å². The third-order valence-corrected chi connectivity index (χ3v) is 9.78. The summed E-state index contributed by atoms with van der Waals surface area (Å²) in [5, 5.41) is 20.3. The van der Waals surface area contributed by atoms with Crippen molar-refractivity contribution in [3.05, 3.63) is 88.7 Å². The van der Waals surface area contributed by atoms with E-state index in [-0.39, 0.29) is 27.8 Å². The van der Waals surface area contributed by atoms with Gasteiger partial charge < -0.3 is 24.1 Å². The summed E-state index contributed by atoms with van der Waals surface area (Å²) in [4.78, 5) is 28.7. The normalized spacial score (nSPS) is 16.8. The minimum absolute atomic E-state index is 0.138. The van der Waals surface area contributed by atoms with E-state index in [0.29, 0.717) is 64.0 Å². The molecule has 0 aliphatic carbocycles. The van der Waals surface area contributed by atoms with Gasteiger partial charge >= 0.3 is 5.91 Å². The second kappa shape index (κ2) is 14.4. The Morgan fingerprint density at radius 2 is 1.85 bits per heavy atom. The summed E-state index contributed by atoms with van der Waals surface area (Å²) in [6.07, 6.45) is 2.96. The predicted molar refractivity (Wildman–Crippen MR) is 176 cm³/mol. The summed E-state index contributed by atoms with van der Waals surface area (Å²) in [6.45, 7) is 3.35. The summed E-state index contributed by atoms with van der Waals surface area (Å²) < 4.78 is 37.6. The van der Waals surface area contributed by atoms with Gasteiger partial charge in [-0.2, -0.15) is 0 Å². The molecule has 1 N–H and O–H groups in total. The lowest BCUT2D eigenvalue weighted by Crippen LogP contribution is -2.29. The Bertz CT molecular complexity index is 1830. The Balaban J connectivity index is 1.39. The van der Waals surface area contributed by atoms with Crippen LogP contribution in [0.2, 0.25) is 0 Å². The van der Waals surface area contributed by atoms with Gasteiger partial charge in [-0.3, -0.25) is 14.5 Å². The zero-order chi connectivity index (χ0) is 32.9. The monoisotopic (exact) mass is 677 g/mol. The quantitative estimate of drug-likeness (QED) is 0.0422. The molecule has 0 radical (unpaired) electrons. The van der Waals surface area contributed by atoms with Crippen LogP contribution in [0.4, 0.5) is 9.52 Å². The van der Waals surface area contributed by atoms with Crippen molar-refractivity contribution in [1.29, 1.82) is 0 Å². The molecule has 244 valence electrons. The second-order valence-electron chi connectivity index (χ2n) is 10.7. The number of carbonyl (C=O) groups excluding carboxylic acids is 2. The van der Waals surface area contributed by atoms with Crippen molar-refractivity contribution in [2.24, 2.45) is 0 Å². The predicted octanol–water partition coefficient (Wildman–Crippen LogP) is 6.94. The van der Waals surface area contributed by atoms with Crippen LogP contribution in [-0.4, -0.2) is 53.9 Å². The molecule has 2 aliphatic rings. The van der Waals surface area contributed by atoms with Gasteiger partial charge in [-0.15, -0.1) is 10.2 Å². The molecule has 1 unspecified atom stereocenters. The molecule has 4 aromatic rings. The van der Waals surface area contributed by atoms with Crippen LogP contribution in [0.25, 0.3) is 5.76 Å². The van der Waals surface area contributed by atoms with E-state index in [0.717, 1.165) is 30.6 Å². The van der Waals surface area contributed by atoms with Gasteiger partial charge in [-0.1, -0.05) is 67.1 Å². The fourth-order valence-electron chi connectivity index (χ4n) is 5.31. The number of amides is 1. The zero-order valence-electron chi connectivity index (χ0n) is 25.7. The van der Waals surface area contributed by atoms with Crippen LogP contribution in [0.5, 0.6) is 23.0 Å². The standard InChI is InChI=1S/C34H32FN3O7S2/c1-3-4-7-14-43-24-12-10-20(17-26(24)42-2)29-28(30(39)21-11-13-25-27(18-21)45-16-15-44-25)31(40)32(41)38(29)33-36-37-34(47-33)46-19-22-8-5-6-9-23(22)35/h5-6,8-13,17-18,29,39H,3-4,7,14-16,19H2,1-2H3/b30-28+. The number of carbonyl (C=O) groups is 2. The highest BCUT2D eigenvalue weighted by atomic mass is 32.2. The molecule has 1 saturated heterocycles. The number of rotatable bonds is 12. The number of ether oxygens (including phenoxy) is 4. The number of aliphatic hydroxyl groups is 1. The minimum Gasteiger partial charge on any atom is -0.507 e. The van der Waals surface area contributed by atoms with E-state index in [9.17, 15) is 19.1 Å². The topological polar surface area (TPSA) is 120 Å². The maximum absolute atomic E-state index is 14.2. The number of aliphatic hydroxyl groups excluding tert-OH is 1. The molecule has 6 rings (SSSR count). The molecule has 1 atom stereocenters. The molecule has 1 amide bonds.